The fraction of sp³-hybridized carbons (Fsp3) is 0.500. The Morgan fingerprint density at radius 1 is 1.50 bits per heavy atom. The van der Waals surface area contributed by atoms with Crippen molar-refractivity contribution < 1.29 is 9.53 Å². The summed E-state index contributed by atoms with van der Waals surface area (Å²) in [5, 5.41) is 6.14. The van der Waals surface area contributed by atoms with Gasteiger partial charge in [0.1, 0.15) is 6.04 Å². The number of morpholine rings is 1. The average molecular weight is 248 g/mol. The highest BCUT2D eigenvalue weighted by atomic mass is 16.5. The smallest absolute Gasteiger partial charge is 0.240 e. The SMILES string of the molecule is Cc1ccccc1CNC(=O)[C@H]1NCCO[C@@H]1C. The molecule has 18 heavy (non-hydrogen) atoms. The lowest BCUT2D eigenvalue weighted by Gasteiger charge is -2.29. The number of amides is 1. The summed E-state index contributed by atoms with van der Waals surface area (Å²) in [6, 6.07) is 7.82. The van der Waals surface area contributed by atoms with Gasteiger partial charge in [0.25, 0.3) is 0 Å². The Labute approximate surface area is 108 Å². The molecule has 0 radical (unpaired) electrons. The number of aryl methyl sites for hydroxylation is 1. The molecule has 0 unspecified atom stereocenters. The van der Waals surface area contributed by atoms with E-state index >= 15 is 0 Å². The molecule has 1 saturated heterocycles. The summed E-state index contributed by atoms with van der Waals surface area (Å²) in [6.45, 7) is 5.93. The predicted octanol–water partition coefficient (Wildman–Crippen LogP) is 0.988. The second kappa shape index (κ2) is 5.98. The summed E-state index contributed by atoms with van der Waals surface area (Å²) in [6.07, 6.45) is -0.0735. The summed E-state index contributed by atoms with van der Waals surface area (Å²) in [5.74, 6) is 0.00505. The zero-order chi connectivity index (χ0) is 13.0. The molecule has 1 aromatic carbocycles. The van der Waals surface area contributed by atoms with Gasteiger partial charge in [0.2, 0.25) is 5.91 Å². The second-order valence-electron chi connectivity index (χ2n) is 4.65. The standard InChI is InChI=1S/C14H20N2O2/c1-10-5-3-4-6-12(10)9-16-14(17)13-11(2)18-8-7-15-13/h3-6,11,13,15H,7-9H2,1-2H3,(H,16,17)/t11-,13+/m1/s1. The zero-order valence-electron chi connectivity index (χ0n) is 10.9. The van der Waals surface area contributed by atoms with Gasteiger partial charge in [0.05, 0.1) is 12.7 Å². The maximum Gasteiger partial charge on any atom is 0.240 e. The lowest BCUT2D eigenvalue weighted by atomic mass is 10.1. The van der Waals surface area contributed by atoms with Gasteiger partial charge in [-0.3, -0.25) is 4.79 Å². The van der Waals surface area contributed by atoms with Crippen LogP contribution in [0.3, 0.4) is 0 Å². The fourth-order valence-electron chi connectivity index (χ4n) is 2.13. The average Bonchev–Trinajstić information content (AvgIpc) is 2.38. The third-order valence-electron chi connectivity index (χ3n) is 3.31. The van der Waals surface area contributed by atoms with E-state index in [1.807, 2.05) is 38.1 Å². The Balaban J connectivity index is 1.90. The molecule has 1 amide bonds. The van der Waals surface area contributed by atoms with E-state index in [4.69, 9.17) is 4.74 Å². The van der Waals surface area contributed by atoms with E-state index in [0.29, 0.717) is 13.2 Å². The van der Waals surface area contributed by atoms with Gasteiger partial charge >= 0.3 is 0 Å². The Hall–Kier alpha value is -1.39. The van der Waals surface area contributed by atoms with Crippen LogP contribution in [-0.2, 0) is 16.1 Å². The normalized spacial score (nSPS) is 23.7. The summed E-state index contributed by atoms with van der Waals surface area (Å²) in [7, 11) is 0. The van der Waals surface area contributed by atoms with E-state index in [1.165, 1.54) is 5.56 Å². The maximum atomic E-state index is 12.0. The second-order valence-corrected chi connectivity index (χ2v) is 4.65. The minimum atomic E-state index is -0.247. The number of carbonyl (C=O) groups is 1. The van der Waals surface area contributed by atoms with E-state index in [1.54, 1.807) is 0 Å². The maximum absolute atomic E-state index is 12.0. The van der Waals surface area contributed by atoms with E-state index < -0.39 is 0 Å². The van der Waals surface area contributed by atoms with Gasteiger partial charge in [-0.25, -0.2) is 0 Å². The summed E-state index contributed by atoms with van der Waals surface area (Å²) < 4.78 is 5.46. The molecule has 0 saturated carbocycles. The number of ether oxygens (including phenoxy) is 1. The predicted molar refractivity (Wildman–Crippen MR) is 70.2 cm³/mol. The lowest BCUT2D eigenvalue weighted by Crippen LogP contribution is -2.55. The highest BCUT2D eigenvalue weighted by Crippen LogP contribution is 2.08. The van der Waals surface area contributed by atoms with Gasteiger partial charge in [-0.15, -0.1) is 0 Å². The molecular weight excluding hydrogens is 228 g/mol. The number of hydrogen-bond acceptors (Lipinski definition) is 3. The van der Waals surface area contributed by atoms with Crippen molar-refractivity contribution in [1.82, 2.24) is 10.6 Å². The van der Waals surface area contributed by atoms with Crippen LogP contribution in [0.25, 0.3) is 0 Å². The Bertz CT molecular complexity index is 420. The third-order valence-corrected chi connectivity index (χ3v) is 3.31. The molecule has 0 aromatic heterocycles. The largest absolute Gasteiger partial charge is 0.375 e. The van der Waals surface area contributed by atoms with Crippen LogP contribution in [0, 0.1) is 6.92 Å². The summed E-state index contributed by atoms with van der Waals surface area (Å²) in [5.41, 5.74) is 2.34. The summed E-state index contributed by atoms with van der Waals surface area (Å²) >= 11 is 0. The van der Waals surface area contributed by atoms with Gasteiger partial charge < -0.3 is 15.4 Å². The van der Waals surface area contributed by atoms with Crippen molar-refractivity contribution in [2.24, 2.45) is 0 Å². The molecule has 4 nitrogen and oxygen atoms in total. The topological polar surface area (TPSA) is 50.4 Å². The monoisotopic (exact) mass is 248 g/mol. The van der Waals surface area contributed by atoms with E-state index in [-0.39, 0.29) is 18.1 Å². The van der Waals surface area contributed by atoms with Crippen LogP contribution in [0.2, 0.25) is 0 Å². The molecule has 2 rings (SSSR count). The molecule has 4 heteroatoms. The number of hydrogen-bond donors (Lipinski definition) is 2. The van der Waals surface area contributed by atoms with E-state index in [0.717, 1.165) is 12.1 Å². The Morgan fingerprint density at radius 2 is 2.28 bits per heavy atom. The minimum Gasteiger partial charge on any atom is -0.375 e. The van der Waals surface area contributed by atoms with Gasteiger partial charge in [-0.2, -0.15) is 0 Å². The van der Waals surface area contributed by atoms with Crippen molar-refractivity contribution in [2.75, 3.05) is 13.2 Å². The van der Waals surface area contributed by atoms with Crippen molar-refractivity contribution in [1.29, 1.82) is 0 Å². The van der Waals surface area contributed by atoms with Crippen LogP contribution in [0.5, 0.6) is 0 Å². The van der Waals surface area contributed by atoms with Crippen LogP contribution in [0.15, 0.2) is 24.3 Å². The quantitative estimate of drug-likeness (QED) is 0.838. The Kier molecular flexibility index (Phi) is 4.33. The molecular formula is C14H20N2O2. The molecule has 2 atom stereocenters. The molecule has 1 fully saturated rings. The van der Waals surface area contributed by atoms with Crippen LogP contribution < -0.4 is 10.6 Å². The first-order valence-electron chi connectivity index (χ1n) is 6.35. The first-order chi connectivity index (χ1) is 8.68. The van der Waals surface area contributed by atoms with Gasteiger partial charge in [0, 0.05) is 13.1 Å². The number of benzene rings is 1. The number of rotatable bonds is 3. The molecule has 1 aliphatic rings. The van der Waals surface area contributed by atoms with Crippen LogP contribution in [-0.4, -0.2) is 31.2 Å². The molecule has 1 heterocycles. The highest BCUT2D eigenvalue weighted by molar-refractivity contribution is 5.82. The first-order valence-corrected chi connectivity index (χ1v) is 6.35. The molecule has 1 aliphatic heterocycles. The van der Waals surface area contributed by atoms with Crippen LogP contribution >= 0.6 is 0 Å². The van der Waals surface area contributed by atoms with Gasteiger partial charge in [0.15, 0.2) is 0 Å². The summed E-state index contributed by atoms with van der Waals surface area (Å²) in [4.78, 5) is 12.0. The molecule has 0 aliphatic carbocycles. The lowest BCUT2D eigenvalue weighted by molar-refractivity contribution is -0.129. The van der Waals surface area contributed by atoms with E-state index in [9.17, 15) is 4.79 Å². The molecule has 1 aromatic rings. The van der Waals surface area contributed by atoms with Crippen molar-refractivity contribution >= 4 is 5.91 Å². The number of carbonyl (C=O) groups excluding carboxylic acids is 1. The molecule has 0 bridgehead atoms. The third kappa shape index (κ3) is 3.09. The molecule has 2 N–H and O–H groups in total. The van der Waals surface area contributed by atoms with Crippen molar-refractivity contribution in [3.63, 3.8) is 0 Å². The van der Waals surface area contributed by atoms with Crippen molar-refractivity contribution in [2.45, 2.75) is 32.5 Å². The zero-order valence-corrected chi connectivity index (χ0v) is 10.9. The van der Waals surface area contributed by atoms with Gasteiger partial charge in [-0.1, -0.05) is 24.3 Å². The Morgan fingerprint density at radius 3 is 3.00 bits per heavy atom. The van der Waals surface area contributed by atoms with Crippen LogP contribution in [0.4, 0.5) is 0 Å². The first kappa shape index (κ1) is 13.1. The highest BCUT2D eigenvalue weighted by Gasteiger charge is 2.27. The molecule has 0 spiro atoms. The minimum absolute atomic E-state index is 0.00505. The van der Waals surface area contributed by atoms with Gasteiger partial charge in [-0.05, 0) is 25.0 Å². The van der Waals surface area contributed by atoms with Crippen molar-refractivity contribution in [3.05, 3.63) is 35.4 Å². The van der Waals surface area contributed by atoms with Crippen LogP contribution in [0.1, 0.15) is 18.1 Å². The molecule has 98 valence electrons. The van der Waals surface area contributed by atoms with Crippen molar-refractivity contribution in [3.8, 4) is 0 Å². The van der Waals surface area contributed by atoms with E-state index in [2.05, 4.69) is 10.6 Å². The number of nitrogens with one attached hydrogen (secondary N) is 2. The fourth-order valence-corrected chi connectivity index (χ4v) is 2.13.